The van der Waals surface area contributed by atoms with E-state index in [4.69, 9.17) is 23.2 Å². The van der Waals surface area contributed by atoms with E-state index in [9.17, 15) is 9.59 Å². The lowest BCUT2D eigenvalue weighted by Crippen LogP contribution is -2.24. The summed E-state index contributed by atoms with van der Waals surface area (Å²) in [6.45, 7) is 0.350. The molecule has 2 rings (SSSR count). The summed E-state index contributed by atoms with van der Waals surface area (Å²) in [6.07, 6.45) is 0.185. The third-order valence-electron chi connectivity index (χ3n) is 2.58. The van der Waals surface area contributed by atoms with Crippen LogP contribution in [-0.2, 0) is 9.59 Å². The zero-order valence-corrected chi connectivity index (χ0v) is 9.83. The second-order valence-corrected chi connectivity index (χ2v) is 4.49. The molecule has 1 aromatic carbocycles. The topological polar surface area (TPSA) is 37.4 Å². The standard InChI is InChI=1S/C11H9Cl2NO2/c12-8-1-3-9(4-2-8)14-6-7(11(13)16)5-10(14)15/h1-4,7H,5-6H2/t7-/m0/s1. The van der Waals surface area contributed by atoms with Gasteiger partial charge in [-0.1, -0.05) is 11.6 Å². The minimum Gasteiger partial charge on any atom is -0.312 e. The molecule has 0 aliphatic carbocycles. The average molecular weight is 258 g/mol. The lowest BCUT2D eigenvalue weighted by atomic mass is 10.1. The highest BCUT2D eigenvalue weighted by Gasteiger charge is 2.34. The fourth-order valence-electron chi connectivity index (χ4n) is 1.73. The molecule has 3 nitrogen and oxygen atoms in total. The van der Waals surface area contributed by atoms with Gasteiger partial charge in [0.25, 0.3) is 0 Å². The minimum atomic E-state index is -0.454. The van der Waals surface area contributed by atoms with E-state index >= 15 is 0 Å². The van der Waals surface area contributed by atoms with Gasteiger partial charge in [0.05, 0.1) is 5.92 Å². The lowest BCUT2D eigenvalue weighted by molar-refractivity contribution is -0.120. The molecule has 0 saturated carbocycles. The Morgan fingerprint density at radius 2 is 1.94 bits per heavy atom. The average Bonchev–Trinajstić information content (AvgIpc) is 2.62. The molecule has 1 atom stereocenters. The first-order valence-electron chi connectivity index (χ1n) is 4.83. The molecule has 1 aromatic rings. The van der Waals surface area contributed by atoms with E-state index < -0.39 is 11.2 Å². The fourth-order valence-corrected chi connectivity index (χ4v) is 2.00. The number of hydrogen-bond donors (Lipinski definition) is 0. The first kappa shape index (κ1) is 11.4. The van der Waals surface area contributed by atoms with Crippen LogP contribution in [0.2, 0.25) is 5.02 Å². The maximum atomic E-state index is 11.7. The first-order valence-corrected chi connectivity index (χ1v) is 5.59. The van der Waals surface area contributed by atoms with Gasteiger partial charge in [0, 0.05) is 23.7 Å². The van der Waals surface area contributed by atoms with E-state index in [0.29, 0.717) is 11.6 Å². The van der Waals surface area contributed by atoms with Crippen molar-refractivity contribution >= 4 is 40.0 Å². The number of benzene rings is 1. The summed E-state index contributed by atoms with van der Waals surface area (Å²) in [7, 11) is 0. The Hall–Kier alpha value is -1.06. The zero-order valence-electron chi connectivity index (χ0n) is 8.32. The number of rotatable bonds is 2. The predicted octanol–water partition coefficient (Wildman–Crippen LogP) is 2.46. The molecule has 5 heteroatoms. The van der Waals surface area contributed by atoms with E-state index in [2.05, 4.69) is 0 Å². The van der Waals surface area contributed by atoms with Crippen LogP contribution in [0.4, 0.5) is 5.69 Å². The molecule has 0 N–H and O–H groups in total. The molecule has 0 aromatic heterocycles. The summed E-state index contributed by atoms with van der Waals surface area (Å²) in [5, 5.41) is 0.158. The molecule has 84 valence electrons. The molecule has 16 heavy (non-hydrogen) atoms. The molecule has 0 radical (unpaired) electrons. The van der Waals surface area contributed by atoms with Gasteiger partial charge in [-0.2, -0.15) is 0 Å². The van der Waals surface area contributed by atoms with Gasteiger partial charge in [-0.25, -0.2) is 0 Å². The van der Waals surface area contributed by atoms with Crippen molar-refractivity contribution in [2.24, 2.45) is 5.92 Å². The van der Waals surface area contributed by atoms with Crippen molar-refractivity contribution in [3.8, 4) is 0 Å². The van der Waals surface area contributed by atoms with Crippen LogP contribution in [0.15, 0.2) is 24.3 Å². The van der Waals surface area contributed by atoms with E-state index in [0.717, 1.165) is 5.69 Å². The van der Waals surface area contributed by atoms with Crippen LogP contribution in [-0.4, -0.2) is 17.7 Å². The van der Waals surface area contributed by atoms with Crippen LogP contribution < -0.4 is 4.90 Å². The highest BCUT2D eigenvalue weighted by Crippen LogP contribution is 2.27. The summed E-state index contributed by atoms with van der Waals surface area (Å²) >= 11 is 11.1. The fraction of sp³-hybridized carbons (Fsp3) is 0.273. The van der Waals surface area contributed by atoms with Gasteiger partial charge in [-0.05, 0) is 35.9 Å². The van der Waals surface area contributed by atoms with E-state index in [-0.39, 0.29) is 12.3 Å². The van der Waals surface area contributed by atoms with E-state index in [1.807, 2.05) is 0 Å². The van der Waals surface area contributed by atoms with Crippen molar-refractivity contribution in [1.82, 2.24) is 0 Å². The van der Waals surface area contributed by atoms with Crippen LogP contribution in [0, 0.1) is 5.92 Å². The molecule has 0 spiro atoms. The summed E-state index contributed by atoms with van der Waals surface area (Å²) in [4.78, 5) is 24.2. The molecule has 1 saturated heterocycles. The molecule has 0 unspecified atom stereocenters. The summed E-state index contributed by atoms with van der Waals surface area (Å²) in [6, 6.07) is 6.92. The SMILES string of the molecule is O=C(Cl)[C@H]1CC(=O)N(c2ccc(Cl)cc2)C1. The normalized spacial score (nSPS) is 20.2. The van der Waals surface area contributed by atoms with Gasteiger partial charge in [0.15, 0.2) is 0 Å². The molecule has 1 heterocycles. The third kappa shape index (κ3) is 2.20. The molecule has 0 bridgehead atoms. The van der Waals surface area contributed by atoms with Crippen LogP contribution in [0.5, 0.6) is 0 Å². The number of hydrogen-bond acceptors (Lipinski definition) is 2. The summed E-state index contributed by atoms with van der Waals surface area (Å²) in [5.74, 6) is -0.480. The summed E-state index contributed by atoms with van der Waals surface area (Å²) in [5.41, 5.74) is 0.745. The lowest BCUT2D eigenvalue weighted by Gasteiger charge is -2.15. The number of nitrogens with zero attached hydrogens (tertiary/aromatic N) is 1. The van der Waals surface area contributed by atoms with Crippen molar-refractivity contribution in [2.75, 3.05) is 11.4 Å². The molecule has 1 amide bonds. The van der Waals surface area contributed by atoms with Crippen molar-refractivity contribution in [1.29, 1.82) is 0 Å². The van der Waals surface area contributed by atoms with Gasteiger partial charge >= 0.3 is 0 Å². The number of carbonyl (C=O) groups is 2. The van der Waals surface area contributed by atoms with E-state index in [1.165, 1.54) is 0 Å². The number of amides is 1. The molecular weight excluding hydrogens is 249 g/mol. The minimum absolute atomic E-state index is 0.0821. The van der Waals surface area contributed by atoms with Crippen molar-refractivity contribution in [3.63, 3.8) is 0 Å². The Bertz CT molecular complexity index is 430. The third-order valence-corrected chi connectivity index (χ3v) is 3.14. The second-order valence-electron chi connectivity index (χ2n) is 3.69. The largest absolute Gasteiger partial charge is 0.312 e. The number of anilines is 1. The molecule has 1 fully saturated rings. The van der Waals surface area contributed by atoms with Gasteiger partial charge in [-0.15, -0.1) is 0 Å². The molecule has 1 aliphatic rings. The van der Waals surface area contributed by atoms with Crippen molar-refractivity contribution in [2.45, 2.75) is 6.42 Å². The second kappa shape index (κ2) is 4.44. The predicted molar refractivity (Wildman–Crippen MR) is 62.8 cm³/mol. The quantitative estimate of drug-likeness (QED) is 0.764. The smallest absolute Gasteiger partial charge is 0.227 e. The van der Waals surface area contributed by atoms with Crippen LogP contribution in [0.1, 0.15) is 6.42 Å². The number of carbonyl (C=O) groups excluding carboxylic acids is 2. The molecular formula is C11H9Cl2NO2. The number of halogens is 2. The van der Waals surface area contributed by atoms with E-state index in [1.54, 1.807) is 29.2 Å². The van der Waals surface area contributed by atoms with Gasteiger partial charge < -0.3 is 4.90 Å². The highest BCUT2D eigenvalue weighted by atomic mass is 35.5. The van der Waals surface area contributed by atoms with Crippen molar-refractivity contribution in [3.05, 3.63) is 29.3 Å². The van der Waals surface area contributed by atoms with Crippen molar-refractivity contribution < 1.29 is 9.59 Å². The van der Waals surface area contributed by atoms with Gasteiger partial charge in [-0.3, -0.25) is 9.59 Å². The van der Waals surface area contributed by atoms with Crippen LogP contribution in [0.25, 0.3) is 0 Å². The van der Waals surface area contributed by atoms with Gasteiger partial charge in [0.2, 0.25) is 11.1 Å². The Kier molecular flexibility index (Phi) is 3.17. The Morgan fingerprint density at radius 1 is 1.31 bits per heavy atom. The first-order chi connectivity index (χ1) is 7.58. The zero-order chi connectivity index (χ0) is 11.7. The molecule has 1 aliphatic heterocycles. The summed E-state index contributed by atoms with van der Waals surface area (Å²) < 4.78 is 0. The maximum absolute atomic E-state index is 11.7. The Balaban J connectivity index is 2.20. The Morgan fingerprint density at radius 3 is 2.44 bits per heavy atom. The monoisotopic (exact) mass is 257 g/mol. The van der Waals surface area contributed by atoms with Gasteiger partial charge in [0.1, 0.15) is 0 Å². The highest BCUT2D eigenvalue weighted by molar-refractivity contribution is 6.64. The van der Waals surface area contributed by atoms with Crippen LogP contribution in [0.3, 0.4) is 0 Å². The maximum Gasteiger partial charge on any atom is 0.227 e. The van der Waals surface area contributed by atoms with Crippen LogP contribution >= 0.6 is 23.2 Å². The Labute approximate surface area is 103 Å².